The average molecular weight is 346 g/mol. The topological polar surface area (TPSA) is 98.0 Å². The van der Waals surface area contributed by atoms with Crippen LogP contribution in [0.15, 0.2) is 45.9 Å². The van der Waals surface area contributed by atoms with Gasteiger partial charge in [-0.2, -0.15) is 9.71 Å². The highest BCUT2D eigenvalue weighted by Gasteiger charge is 2.29. The van der Waals surface area contributed by atoms with Gasteiger partial charge in [0.05, 0.1) is 5.52 Å². The molecular formula is C16H18N4O3S. The predicted molar refractivity (Wildman–Crippen MR) is 88.7 cm³/mol. The SMILES string of the molecule is Cc1noc([C@@H](NS(=O)(=O)c2cccc3cccnc23)C(C)C)n1. The number of benzene rings is 1. The van der Waals surface area contributed by atoms with Gasteiger partial charge in [-0.1, -0.05) is 37.2 Å². The Bertz CT molecular complexity index is 961. The molecule has 0 spiro atoms. The molecule has 1 aromatic carbocycles. The number of pyridine rings is 1. The molecule has 2 aromatic heterocycles. The lowest BCUT2D eigenvalue weighted by Gasteiger charge is -2.19. The first-order valence-corrected chi connectivity index (χ1v) is 9.03. The van der Waals surface area contributed by atoms with Crippen molar-refractivity contribution in [2.75, 3.05) is 0 Å². The van der Waals surface area contributed by atoms with Crippen molar-refractivity contribution in [1.29, 1.82) is 0 Å². The Balaban J connectivity index is 2.03. The van der Waals surface area contributed by atoms with Crippen molar-refractivity contribution in [2.45, 2.75) is 31.7 Å². The van der Waals surface area contributed by atoms with Crippen LogP contribution in [-0.2, 0) is 10.0 Å². The van der Waals surface area contributed by atoms with E-state index in [0.29, 0.717) is 11.3 Å². The molecule has 0 saturated carbocycles. The normalized spacial score (nSPS) is 13.5. The Morgan fingerprint density at radius 2 is 1.92 bits per heavy atom. The fourth-order valence-corrected chi connectivity index (χ4v) is 3.95. The van der Waals surface area contributed by atoms with Gasteiger partial charge in [0, 0.05) is 11.6 Å². The largest absolute Gasteiger partial charge is 0.338 e. The number of sulfonamides is 1. The van der Waals surface area contributed by atoms with Crippen LogP contribution in [0.25, 0.3) is 10.9 Å². The van der Waals surface area contributed by atoms with Gasteiger partial charge in [0.1, 0.15) is 10.9 Å². The summed E-state index contributed by atoms with van der Waals surface area (Å²) in [6.45, 7) is 5.45. The van der Waals surface area contributed by atoms with Crippen LogP contribution < -0.4 is 4.72 Å². The van der Waals surface area contributed by atoms with Gasteiger partial charge in [-0.15, -0.1) is 0 Å². The zero-order valence-corrected chi connectivity index (χ0v) is 14.4. The molecule has 3 aromatic rings. The van der Waals surface area contributed by atoms with Crippen LogP contribution in [0.2, 0.25) is 0 Å². The second-order valence-corrected chi connectivity index (χ2v) is 7.54. The van der Waals surface area contributed by atoms with E-state index >= 15 is 0 Å². The minimum Gasteiger partial charge on any atom is -0.338 e. The highest BCUT2D eigenvalue weighted by Crippen LogP contribution is 2.26. The van der Waals surface area contributed by atoms with Crippen LogP contribution >= 0.6 is 0 Å². The van der Waals surface area contributed by atoms with Gasteiger partial charge in [-0.25, -0.2) is 8.42 Å². The first-order valence-electron chi connectivity index (χ1n) is 7.55. The van der Waals surface area contributed by atoms with Gasteiger partial charge in [0.2, 0.25) is 15.9 Å². The molecule has 126 valence electrons. The summed E-state index contributed by atoms with van der Waals surface area (Å²) in [7, 11) is -3.81. The summed E-state index contributed by atoms with van der Waals surface area (Å²) in [6.07, 6.45) is 1.57. The van der Waals surface area contributed by atoms with Gasteiger partial charge < -0.3 is 4.52 Å². The minimum atomic E-state index is -3.81. The van der Waals surface area contributed by atoms with Crippen molar-refractivity contribution < 1.29 is 12.9 Å². The monoisotopic (exact) mass is 346 g/mol. The maximum absolute atomic E-state index is 12.9. The molecule has 7 nitrogen and oxygen atoms in total. The summed E-state index contributed by atoms with van der Waals surface area (Å²) in [5, 5.41) is 4.50. The third-order valence-corrected chi connectivity index (χ3v) is 5.12. The van der Waals surface area contributed by atoms with Gasteiger partial charge in [0.15, 0.2) is 5.82 Å². The summed E-state index contributed by atoms with van der Waals surface area (Å²) in [4.78, 5) is 8.49. The molecule has 0 amide bonds. The number of hydrogen-bond acceptors (Lipinski definition) is 6. The molecule has 3 rings (SSSR count). The smallest absolute Gasteiger partial charge is 0.245 e. The van der Waals surface area contributed by atoms with Crippen LogP contribution in [-0.4, -0.2) is 23.5 Å². The maximum Gasteiger partial charge on any atom is 0.245 e. The molecule has 1 N–H and O–H groups in total. The Kier molecular flexibility index (Phi) is 4.33. The van der Waals surface area contributed by atoms with E-state index in [2.05, 4.69) is 19.8 Å². The van der Waals surface area contributed by atoms with Crippen molar-refractivity contribution in [2.24, 2.45) is 5.92 Å². The van der Waals surface area contributed by atoms with Crippen molar-refractivity contribution in [1.82, 2.24) is 19.8 Å². The molecule has 0 bridgehead atoms. The Labute approximate surface area is 140 Å². The molecule has 8 heteroatoms. The summed E-state index contributed by atoms with van der Waals surface area (Å²) in [6, 6.07) is 8.03. The lowest BCUT2D eigenvalue weighted by molar-refractivity contribution is 0.310. The molecule has 24 heavy (non-hydrogen) atoms. The van der Waals surface area contributed by atoms with Crippen LogP contribution in [0.3, 0.4) is 0 Å². The van der Waals surface area contributed by atoms with Crippen molar-refractivity contribution in [3.63, 3.8) is 0 Å². The highest BCUT2D eigenvalue weighted by molar-refractivity contribution is 7.89. The Hall–Kier alpha value is -2.32. The minimum absolute atomic E-state index is 0.0671. The van der Waals surface area contributed by atoms with Gasteiger partial charge in [-0.3, -0.25) is 4.98 Å². The summed E-state index contributed by atoms with van der Waals surface area (Å²) >= 11 is 0. The van der Waals surface area contributed by atoms with Crippen LogP contribution in [0, 0.1) is 12.8 Å². The summed E-state index contributed by atoms with van der Waals surface area (Å²) in [5.74, 6) is 0.642. The number of rotatable bonds is 5. The molecule has 0 radical (unpaired) electrons. The summed E-state index contributed by atoms with van der Waals surface area (Å²) < 4.78 is 33.6. The summed E-state index contributed by atoms with van der Waals surface area (Å²) in [5.41, 5.74) is 0.428. The second-order valence-electron chi connectivity index (χ2n) is 5.85. The molecule has 1 atom stereocenters. The van der Waals surface area contributed by atoms with Crippen molar-refractivity contribution in [3.8, 4) is 0 Å². The quantitative estimate of drug-likeness (QED) is 0.762. The van der Waals surface area contributed by atoms with E-state index in [9.17, 15) is 8.42 Å². The molecule has 0 saturated heterocycles. The van der Waals surface area contributed by atoms with E-state index < -0.39 is 16.1 Å². The lowest BCUT2D eigenvalue weighted by atomic mass is 10.1. The number of nitrogens with zero attached hydrogens (tertiary/aromatic N) is 3. The Morgan fingerprint density at radius 1 is 1.17 bits per heavy atom. The predicted octanol–water partition coefficient (Wildman–Crippen LogP) is 2.60. The lowest BCUT2D eigenvalue weighted by Crippen LogP contribution is -2.32. The molecule has 0 fully saturated rings. The maximum atomic E-state index is 12.9. The van der Waals surface area contributed by atoms with E-state index in [1.54, 1.807) is 25.3 Å². The van der Waals surface area contributed by atoms with Gasteiger partial charge >= 0.3 is 0 Å². The van der Waals surface area contributed by atoms with Crippen LogP contribution in [0.1, 0.15) is 31.6 Å². The van der Waals surface area contributed by atoms with E-state index in [4.69, 9.17) is 4.52 Å². The molecule has 0 aliphatic carbocycles. The molecular weight excluding hydrogens is 328 g/mol. The number of nitrogens with one attached hydrogen (secondary N) is 1. The van der Waals surface area contributed by atoms with Crippen LogP contribution in [0.4, 0.5) is 0 Å². The fourth-order valence-electron chi connectivity index (χ4n) is 2.43. The highest BCUT2D eigenvalue weighted by atomic mass is 32.2. The molecule has 0 aliphatic rings. The third-order valence-electron chi connectivity index (χ3n) is 3.64. The average Bonchev–Trinajstić information content (AvgIpc) is 2.98. The van der Waals surface area contributed by atoms with Gasteiger partial charge in [0.25, 0.3) is 0 Å². The number of aryl methyl sites for hydroxylation is 1. The van der Waals surface area contributed by atoms with E-state index in [-0.39, 0.29) is 16.7 Å². The molecule has 0 unspecified atom stereocenters. The number of fused-ring (bicyclic) bond motifs is 1. The fraction of sp³-hybridized carbons (Fsp3) is 0.312. The Morgan fingerprint density at radius 3 is 2.58 bits per heavy atom. The number of para-hydroxylation sites is 1. The van der Waals surface area contributed by atoms with Crippen LogP contribution in [0.5, 0.6) is 0 Å². The first kappa shape index (κ1) is 16.5. The van der Waals surface area contributed by atoms with E-state index in [0.717, 1.165) is 5.39 Å². The number of hydrogen-bond donors (Lipinski definition) is 1. The molecule has 0 aliphatic heterocycles. The zero-order chi connectivity index (χ0) is 17.3. The van der Waals surface area contributed by atoms with E-state index in [1.807, 2.05) is 26.0 Å². The zero-order valence-electron chi connectivity index (χ0n) is 13.6. The van der Waals surface area contributed by atoms with E-state index in [1.165, 1.54) is 6.07 Å². The first-order chi connectivity index (χ1) is 11.4. The molecule has 2 heterocycles. The van der Waals surface area contributed by atoms with Crippen molar-refractivity contribution in [3.05, 3.63) is 48.2 Å². The van der Waals surface area contributed by atoms with Gasteiger partial charge in [-0.05, 0) is 25.0 Å². The van der Waals surface area contributed by atoms with Crippen molar-refractivity contribution >= 4 is 20.9 Å². The third kappa shape index (κ3) is 3.15. The second kappa shape index (κ2) is 6.29. The standard InChI is InChI=1S/C16H18N4O3S/c1-10(2)14(16-18-11(3)19-23-16)20-24(21,22)13-8-4-6-12-7-5-9-17-15(12)13/h4-10,14,20H,1-3H3/t14-/m0/s1. The number of aromatic nitrogens is 3.